The van der Waals surface area contributed by atoms with Gasteiger partial charge in [-0.25, -0.2) is 0 Å². The highest BCUT2D eigenvalue weighted by Gasteiger charge is 2.68. The summed E-state index contributed by atoms with van der Waals surface area (Å²) in [5.74, 6) is 0.847. The second-order valence-electron chi connectivity index (χ2n) is 10.9. The second kappa shape index (κ2) is 7.49. The number of hydrogen-bond acceptors (Lipinski definition) is 6. The van der Waals surface area contributed by atoms with Crippen LogP contribution in [0.2, 0.25) is 0 Å². The van der Waals surface area contributed by atoms with Gasteiger partial charge in [-0.3, -0.25) is 14.6 Å². The van der Waals surface area contributed by atoms with E-state index in [4.69, 9.17) is 4.74 Å². The first kappa shape index (κ1) is 21.8. The predicted octanol–water partition coefficient (Wildman–Crippen LogP) is 3.26. The van der Waals surface area contributed by atoms with E-state index in [1.807, 2.05) is 13.0 Å². The normalized spacial score (nSPS) is 43.0. The van der Waals surface area contributed by atoms with Gasteiger partial charge in [-0.2, -0.15) is 0 Å². The highest BCUT2D eigenvalue weighted by atomic mass is 16.5. The molecular weight excluding hydrogens is 406 g/mol. The summed E-state index contributed by atoms with van der Waals surface area (Å²) in [5.41, 5.74) is -1.19. The van der Waals surface area contributed by atoms with Crippen molar-refractivity contribution in [2.24, 2.45) is 28.6 Å². The standard InChI is InChI=1S/C26H33NO5/c1-24-9-7-17(28)12-16(24)5-6-19-20-8-10-26(31,25(20,2)13-21(29)23(19)24)22(30)15-32-18-4-3-11-27-14-18/h3-4,11-12,14,19-21,23,29,31H,5-10,13,15H2,1-2H3/t19?,20?,21-,23?,24?,25?,26-/m0/s1. The van der Waals surface area contributed by atoms with Crippen LogP contribution in [0.15, 0.2) is 36.2 Å². The van der Waals surface area contributed by atoms with Crippen LogP contribution in [0.4, 0.5) is 0 Å². The summed E-state index contributed by atoms with van der Waals surface area (Å²) < 4.78 is 5.63. The van der Waals surface area contributed by atoms with E-state index in [1.165, 1.54) is 5.57 Å². The molecule has 172 valence electrons. The Kier molecular flexibility index (Phi) is 5.10. The molecule has 6 heteroatoms. The zero-order chi connectivity index (χ0) is 22.7. The monoisotopic (exact) mass is 439 g/mol. The molecular formula is C26H33NO5. The van der Waals surface area contributed by atoms with Crippen molar-refractivity contribution in [1.29, 1.82) is 0 Å². The van der Waals surface area contributed by atoms with Gasteiger partial charge >= 0.3 is 0 Å². The van der Waals surface area contributed by atoms with Crippen LogP contribution < -0.4 is 4.74 Å². The molecule has 5 rings (SSSR count). The predicted molar refractivity (Wildman–Crippen MR) is 118 cm³/mol. The number of aliphatic hydroxyl groups excluding tert-OH is 1. The van der Waals surface area contributed by atoms with Crippen LogP contribution in [0.25, 0.3) is 0 Å². The largest absolute Gasteiger partial charge is 0.484 e. The van der Waals surface area contributed by atoms with Gasteiger partial charge in [0.05, 0.1) is 12.3 Å². The summed E-state index contributed by atoms with van der Waals surface area (Å²) in [7, 11) is 0. The molecule has 0 aliphatic heterocycles. The minimum absolute atomic E-state index is 0.0674. The zero-order valence-electron chi connectivity index (χ0n) is 18.9. The molecule has 1 aromatic heterocycles. The molecule has 7 atom stereocenters. The highest BCUT2D eigenvalue weighted by Crippen LogP contribution is 2.67. The first-order chi connectivity index (χ1) is 15.2. The fourth-order valence-electron chi connectivity index (χ4n) is 7.85. The third-order valence-corrected chi connectivity index (χ3v) is 9.51. The molecule has 3 fully saturated rings. The van der Waals surface area contributed by atoms with Gasteiger partial charge in [-0.15, -0.1) is 0 Å². The number of carbonyl (C=O) groups excluding carboxylic acids is 2. The molecule has 4 aliphatic rings. The maximum Gasteiger partial charge on any atom is 0.202 e. The summed E-state index contributed by atoms with van der Waals surface area (Å²) in [6.07, 6.45) is 9.03. The van der Waals surface area contributed by atoms with Gasteiger partial charge in [0.2, 0.25) is 5.78 Å². The Morgan fingerprint density at radius 3 is 2.81 bits per heavy atom. The smallest absolute Gasteiger partial charge is 0.202 e. The lowest BCUT2D eigenvalue weighted by Gasteiger charge is -2.60. The van der Waals surface area contributed by atoms with Gasteiger partial charge < -0.3 is 14.9 Å². The van der Waals surface area contributed by atoms with Crippen LogP contribution in [0.1, 0.15) is 58.8 Å². The molecule has 5 unspecified atom stereocenters. The number of nitrogens with zero attached hydrogens (tertiary/aromatic N) is 1. The Morgan fingerprint density at radius 1 is 1.25 bits per heavy atom. The number of ketones is 2. The Labute approximate surface area is 189 Å². The molecule has 0 spiro atoms. The number of allylic oxidation sites excluding steroid dienone is 1. The van der Waals surface area contributed by atoms with Gasteiger partial charge in [0.15, 0.2) is 5.78 Å². The lowest BCUT2D eigenvalue weighted by Crippen LogP contribution is -2.62. The zero-order valence-corrected chi connectivity index (χ0v) is 18.9. The minimum atomic E-state index is -1.51. The third kappa shape index (κ3) is 3.02. The Morgan fingerprint density at radius 2 is 2.06 bits per heavy atom. The molecule has 3 saturated carbocycles. The van der Waals surface area contributed by atoms with Gasteiger partial charge in [-0.05, 0) is 79.9 Å². The fraction of sp³-hybridized carbons (Fsp3) is 0.654. The van der Waals surface area contributed by atoms with Crippen LogP contribution in [0.3, 0.4) is 0 Å². The van der Waals surface area contributed by atoms with E-state index in [-0.39, 0.29) is 41.3 Å². The molecule has 2 N–H and O–H groups in total. The van der Waals surface area contributed by atoms with Crippen LogP contribution in [0.5, 0.6) is 5.75 Å². The number of aliphatic hydroxyl groups is 2. The van der Waals surface area contributed by atoms with Crippen LogP contribution in [-0.2, 0) is 9.59 Å². The van der Waals surface area contributed by atoms with E-state index in [9.17, 15) is 19.8 Å². The van der Waals surface area contributed by atoms with Gasteiger partial charge in [0.1, 0.15) is 18.0 Å². The average Bonchev–Trinajstić information content (AvgIpc) is 3.04. The molecule has 0 saturated heterocycles. The third-order valence-electron chi connectivity index (χ3n) is 9.51. The first-order valence-electron chi connectivity index (χ1n) is 11.9. The van der Waals surface area contributed by atoms with Crippen molar-refractivity contribution in [3.8, 4) is 5.75 Å². The Bertz CT molecular complexity index is 960. The van der Waals surface area contributed by atoms with Crippen molar-refractivity contribution in [2.45, 2.75) is 70.5 Å². The fourth-order valence-corrected chi connectivity index (χ4v) is 7.85. The summed E-state index contributed by atoms with van der Waals surface area (Å²) in [6.45, 7) is 3.99. The summed E-state index contributed by atoms with van der Waals surface area (Å²) >= 11 is 0. The maximum atomic E-state index is 13.3. The first-order valence-corrected chi connectivity index (χ1v) is 11.9. The molecule has 0 bridgehead atoms. The van der Waals surface area contributed by atoms with Crippen molar-refractivity contribution < 1.29 is 24.5 Å². The number of carbonyl (C=O) groups is 2. The van der Waals surface area contributed by atoms with Gasteiger partial charge in [0.25, 0.3) is 0 Å². The van der Waals surface area contributed by atoms with Crippen molar-refractivity contribution >= 4 is 11.6 Å². The summed E-state index contributed by atoms with van der Waals surface area (Å²) in [6, 6.07) is 3.48. The molecule has 0 radical (unpaired) electrons. The van der Waals surface area contributed by atoms with Crippen molar-refractivity contribution in [1.82, 2.24) is 4.98 Å². The number of rotatable bonds is 4. The minimum Gasteiger partial charge on any atom is -0.484 e. The summed E-state index contributed by atoms with van der Waals surface area (Å²) in [5, 5.41) is 23.2. The number of hydrogen-bond donors (Lipinski definition) is 2. The second-order valence-corrected chi connectivity index (χ2v) is 10.9. The molecule has 0 aromatic carbocycles. The van der Waals surface area contributed by atoms with E-state index < -0.39 is 17.1 Å². The molecule has 6 nitrogen and oxygen atoms in total. The van der Waals surface area contributed by atoms with Crippen molar-refractivity contribution in [3.63, 3.8) is 0 Å². The molecule has 32 heavy (non-hydrogen) atoms. The van der Waals surface area contributed by atoms with Crippen LogP contribution in [-0.4, -0.2) is 45.1 Å². The number of pyridine rings is 1. The molecule has 1 heterocycles. The number of fused-ring (bicyclic) bond motifs is 5. The van der Waals surface area contributed by atoms with Crippen molar-refractivity contribution in [2.75, 3.05) is 6.61 Å². The lowest BCUT2D eigenvalue weighted by molar-refractivity contribution is -0.181. The number of Topliss-reactive ketones (excluding diaryl/α,β-unsaturated/α-hetero) is 1. The highest BCUT2D eigenvalue weighted by molar-refractivity contribution is 5.92. The molecule has 1 aromatic rings. The van der Waals surface area contributed by atoms with Gasteiger partial charge in [0, 0.05) is 18.0 Å². The summed E-state index contributed by atoms with van der Waals surface area (Å²) in [4.78, 5) is 29.3. The van der Waals surface area contributed by atoms with E-state index in [0.29, 0.717) is 25.0 Å². The van der Waals surface area contributed by atoms with E-state index in [0.717, 1.165) is 25.7 Å². The molecule has 0 amide bonds. The lowest BCUT2D eigenvalue weighted by atomic mass is 9.45. The van der Waals surface area contributed by atoms with Gasteiger partial charge in [-0.1, -0.05) is 19.4 Å². The maximum absolute atomic E-state index is 13.3. The Hall–Kier alpha value is -2.05. The quantitative estimate of drug-likeness (QED) is 0.748. The average molecular weight is 440 g/mol. The van der Waals surface area contributed by atoms with Crippen LogP contribution >= 0.6 is 0 Å². The number of aromatic nitrogens is 1. The van der Waals surface area contributed by atoms with E-state index in [2.05, 4.69) is 11.9 Å². The van der Waals surface area contributed by atoms with Crippen LogP contribution in [0, 0.1) is 28.6 Å². The SMILES string of the molecule is CC12CCC(=O)C=C1CCC1C2[C@@H](O)CC2(C)C1CC[C@]2(O)C(=O)COc1cccnc1. The van der Waals surface area contributed by atoms with E-state index >= 15 is 0 Å². The van der Waals surface area contributed by atoms with Crippen molar-refractivity contribution in [3.05, 3.63) is 36.2 Å². The topological polar surface area (TPSA) is 96.7 Å². The Balaban J connectivity index is 1.40. The van der Waals surface area contributed by atoms with E-state index in [1.54, 1.807) is 24.5 Å². The number of ether oxygens (including phenoxy) is 1. The molecule has 4 aliphatic carbocycles.